The van der Waals surface area contributed by atoms with E-state index in [0.29, 0.717) is 0 Å². The minimum absolute atomic E-state index is 0.818. The maximum atomic E-state index is 5.16. The smallest absolute Gasteiger partial charge is 0.0589 e. The quantitative estimate of drug-likeness (QED) is 0.675. The maximum Gasteiger partial charge on any atom is 0.0589 e. The van der Waals surface area contributed by atoms with Crippen molar-refractivity contribution in [2.75, 3.05) is 33.4 Å². The Morgan fingerprint density at radius 3 is 2.67 bits per heavy atom. The van der Waals surface area contributed by atoms with Crippen molar-refractivity contribution < 1.29 is 4.74 Å². The van der Waals surface area contributed by atoms with E-state index in [9.17, 15) is 0 Å². The fraction of sp³-hybridized carbons (Fsp3) is 0.600. The van der Waals surface area contributed by atoms with Crippen molar-refractivity contribution >= 4 is 0 Å². The van der Waals surface area contributed by atoms with E-state index in [4.69, 9.17) is 4.74 Å². The number of methoxy groups -OCH3 is 1. The van der Waals surface area contributed by atoms with Crippen LogP contribution in [0.15, 0.2) is 30.3 Å². The summed E-state index contributed by atoms with van der Waals surface area (Å²) < 4.78 is 5.16. The molecule has 3 nitrogen and oxygen atoms in total. The Morgan fingerprint density at radius 1 is 1.22 bits per heavy atom. The van der Waals surface area contributed by atoms with Crippen molar-refractivity contribution in [3.8, 4) is 0 Å². The van der Waals surface area contributed by atoms with E-state index in [0.717, 1.165) is 38.8 Å². The molecule has 1 aliphatic rings. The zero-order chi connectivity index (χ0) is 12.6. The molecule has 2 rings (SSSR count). The van der Waals surface area contributed by atoms with Crippen LogP contribution in [0.1, 0.15) is 18.4 Å². The number of hydrogen-bond acceptors (Lipinski definition) is 3. The first-order chi connectivity index (χ1) is 8.90. The number of ether oxygens (including phenoxy) is 1. The first-order valence-electron chi connectivity index (χ1n) is 6.88. The molecule has 3 heteroatoms. The first kappa shape index (κ1) is 13.5. The Morgan fingerprint density at radius 2 is 2.00 bits per heavy atom. The Labute approximate surface area is 110 Å². The molecule has 0 unspecified atom stereocenters. The molecule has 0 atom stereocenters. The second kappa shape index (κ2) is 7.52. The SMILES string of the molecule is COCCN(CCNCc1ccccc1)C1CC1. The number of rotatable bonds is 9. The summed E-state index contributed by atoms with van der Waals surface area (Å²) in [6.07, 6.45) is 2.73. The molecule has 18 heavy (non-hydrogen) atoms. The van der Waals surface area contributed by atoms with Crippen LogP contribution in [-0.4, -0.2) is 44.3 Å². The van der Waals surface area contributed by atoms with E-state index in [2.05, 4.69) is 40.5 Å². The molecular weight excluding hydrogens is 224 g/mol. The molecular formula is C15H24N2O. The summed E-state index contributed by atoms with van der Waals surface area (Å²) in [5.74, 6) is 0. The molecule has 1 aromatic carbocycles. The van der Waals surface area contributed by atoms with Gasteiger partial charge in [0.25, 0.3) is 0 Å². The van der Waals surface area contributed by atoms with Crippen molar-refractivity contribution in [2.45, 2.75) is 25.4 Å². The van der Waals surface area contributed by atoms with E-state index in [1.165, 1.54) is 18.4 Å². The van der Waals surface area contributed by atoms with Gasteiger partial charge in [0, 0.05) is 39.3 Å². The average Bonchev–Trinajstić information content (AvgIpc) is 3.23. The molecule has 1 aromatic rings. The molecule has 1 saturated carbocycles. The van der Waals surface area contributed by atoms with Crippen molar-refractivity contribution in [2.24, 2.45) is 0 Å². The Bertz CT molecular complexity index is 325. The second-order valence-electron chi connectivity index (χ2n) is 4.92. The largest absolute Gasteiger partial charge is 0.383 e. The minimum atomic E-state index is 0.818. The molecule has 1 N–H and O–H groups in total. The third-order valence-corrected chi connectivity index (χ3v) is 3.39. The molecule has 0 radical (unpaired) electrons. The van der Waals surface area contributed by atoms with Crippen LogP contribution in [0.5, 0.6) is 0 Å². The predicted molar refractivity (Wildman–Crippen MR) is 74.6 cm³/mol. The van der Waals surface area contributed by atoms with Crippen LogP contribution in [0.2, 0.25) is 0 Å². The van der Waals surface area contributed by atoms with Crippen LogP contribution >= 0.6 is 0 Å². The molecule has 0 aromatic heterocycles. The molecule has 1 aliphatic carbocycles. The monoisotopic (exact) mass is 248 g/mol. The van der Waals surface area contributed by atoms with E-state index in [1.807, 2.05) is 0 Å². The van der Waals surface area contributed by atoms with E-state index in [-0.39, 0.29) is 0 Å². The van der Waals surface area contributed by atoms with Gasteiger partial charge in [0.1, 0.15) is 0 Å². The predicted octanol–water partition coefficient (Wildman–Crippen LogP) is 1.89. The van der Waals surface area contributed by atoms with Gasteiger partial charge < -0.3 is 10.1 Å². The molecule has 0 aliphatic heterocycles. The molecule has 0 amide bonds. The van der Waals surface area contributed by atoms with Crippen LogP contribution in [0, 0.1) is 0 Å². The molecule has 0 heterocycles. The Hall–Kier alpha value is -0.900. The summed E-state index contributed by atoms with van der Waals surface area (Å²) in [6, 6.07) is 11.4. The lowest BCUT2D eigenvalue weighted by atomic mass is 10.2. The fourth-order valence-electron chi connectivity index (χ4n) is 2.18. The van der Waals surface area contributed by atoms with Gasteiger partial charge in [-0.2, -0.15) is 0 Å². The van der Waals surface area contributed by atoms with E-state index < -0.39 is 0 Å². The number of nitrogens with zero attached hydrogens (tertiary/aromatic N) is 1. The van der Waals surface area contributed by atoms with Gasteiger partial charge in [0.05, 0.1) is 6.61 Å². The molecule has 1 fully saturated rings. The van der Waals surface area contributed by atoms with Crippen LogP contribution in [0.4, 0.5) is 0 Å². The third-order valence-electron chi connectivity index (χ3n) is 3.39. The number of benzene rings is 1. The highest BCUT2D eigenvalue weighted by atomic mass is 16.5. The normalized spacial score (nSPS) is 15.2. The lowest BCUT2D eigenvalue weighted by molar-refractivity contribution is 0.144. The first-order valence-corrected chi connectivity index (χ1v) is 6.88. The van der Waals surface area contributed by atoms with Gasteiger partial charge in [-0.15, -0.1) is 0 Å². The molecule has 100 valence electrons. The van der Waals surface area contributed by atoms with Gasteiger partial charge in [0.15, 0.2) is 0 Å². The van der Waals surface area contributed by atoms with Gasteiger partial charge >= 0.3 is 0 Å². The lowest BCUT2D eigenvalue weighted by Gasteiger charge is -2.21. The van der Waals surface area contributed by atoms with Gasteiger partial charge in [-0.1, -0.05) is 30.3 Å². The van der Waals surface area contributed by atoms with Crippen molar-refractivity contribution in [1.29, 1.82) is 0 Å². The highest BCUT2D eigenvalue weighted by molar-refractivity contribution is 5.14. The Kier molecular flexibility index (Phi) is 5.65. The van der Waals surface area contributed by atoms with Crippen LogP contribution in [-0.2, 0) is 11.3 Å². The van der Waals surface area contributed by atoms with Gasteiger partial charge in [-0.3, -0.25) is 4.90 Å². The van der Waals surface area contributed by atoms with Gasteiger partial charge in [-0.25, -0.2) is 0 Å². The summed E-state index contributed by atoms with van der Waals surface area (Å²) in [6.45, 7) is 5.04. The maximum absolute atomic E-state index is 5.16. The fourth-order valence-corrected chi connectivity index (χ4v) is 2.18. The van der Waals surface area contributed by atoms with Crippen molar-refractivity contribution in [3.05, 3.63) is 35.9 Å². The van der Waals surface area contributed by atoms with Crippen LogP contribution < -0.4 is 5.32 Å². The Balaban J connectivity index is 1.61. The topological polar surface area (TPSA) is 24.5 Å². The summed E-state index contributed by atoms with van der Waals surface area (Å²) >= 11 is 0. The lowest BCUT2D eigenvalue weighted by Crippen LogP contribution is -2.35. The molecule has 0 saturated heterocycles. The van der Waals surface area contributed by atoms with Gasteiger partial charge in [-0.05, 0) is 18.4 Å². The van der Waals surface area contributed by atoms with E-state index >= 15 is 0 Å². The second-order valence-corrected chi connectivity index (χ2v) is 4.92. The van der Waals surface area contributed by atoms with Crippen molar-refractivity contribution in [1.82, 2.24) is 10.2 Å². The molecule has 0 bridgehead atoms. The number of nitrogens with one attached hydrogen (secondary N) is 1. The summed E-state index contributed by atoms with van der Waals surface area (Å²) in [4.78, 5) is 2.54. The molecule has 0 spiro atoms. The third kappa shape index (κ3) is 4.77. The minimum Gasteiger partial charge on any atom is -0.383 e. The summed E-state index contributed by atoms with van der Waals surface area (Å²) in [5, 5.41) is 3.51. The van der Waals surface area contributed by atoms with E-state index in [1.54, 1.807) is 7.11 Å². The number of hydrogen-bond donors (Lipinski definition) is 1. The van der Waals surface area contributed by atoms with Crippen LogP contribution in [0.3, 0.4) is 0 Å². The van der Waals surface area contributed by atoms with Crippen molar-refractivity contribution in [3.63, 3.8) is 0 Å². The zero-order valence-electron chi connectivity index (χ0n) is 11.3. The van der Waals surface area contributed by atoms with Gasteiger partial charge in [0.2, 0.25) is 0 Å². The average molecular weight is 248 g/mol. The highest BCUT2D eigenvalue weighted by Gasteiger charge is 2.27. The summed E-state index contributed by atoms with van der Waals surface area (Å²) in [7, 11) is 1.78. The van der Waals surface area contributed by atoms with Crippen LogP contribution in [0.25, 0.3) is 0 Å². The standard InChI is InChI=1S/C15H24N2O/c1-18-12-11-17(15-7-8-15)10-9-16-13-14-5-3-2-4-6-14/h2-6,15-16H,7-13H2,1H3. The highest BCUT2D eigenvalue weighted by Crippen LogP contribution is 2.25. The zero-order valence-corrected chi connectivity index (χ0v) is 11.3. The summed E-state index contributed by atoms with van der Waals surface area (Å²) in [5.41, 5.74) is 1.35.